The maximum absolute atomic E-state index is 6.03. The van der Waals surface area contributed by atoms with Gasteiger partial charge in [-0.3, -0.25) is 0 Å². The third kappa shape index (κ3) is 4.72. The van der Waals surface area contributed by atoms with E-state index in [0.29, 0.717) is 5.41 Å². The van der Waals surface area contributed by atoms with Crippen molar-refractivity contribution in [3.05, 3.63) is 21.3 Å². The molecule has 1 aromatic rings. The number of rotatable bonds is 7. The SMILES string of the molecule is COCCNCC1(Cc2ccc(Cl)s2)CCOCC1. The van der Waals surface area contributed by atoms with Crippen molar-refractivity contribution in [3.63, 3.8) is 0 Å². The van der Waals surface area contributed by atoms with Crippen molar-refractivity contribution in [2.45, 2.75) is 19.3 Å². The van der Waals surface area contributed by atoms with Crippen molar-refractivity contribution in [2.24, 2.45) is 5.41 Å². The minimum Gasteiger partial charge on any atom is -0.383 e. The standard InChI is InChI=1S/C14H22ClNO2S/c1-17-9-6-16-11-14(4-7-18-8-5-14)10-12-2-3-13(15)19-12/h2-3,16H,4-11H2,1H3. The van der Waals surface area contributed by atoms with Gasteiger partial charge in [0.1, 0.15) is 0 Å². The molecular formula is C14H22ClNO2S. The smallest absolute Gasteiger partial charge is 0.0931 e. The second-order valence-electron chi connectivity index (χ2n) is 5.16. The van der Waals surface area contributed by atoms with Crippen LogP contribution in [0.3, 0.4) is 0 Å². The van der Waals surface area contributed by atoms with Gasteiger partial charge >= 0.3 is 0 Å². The topological polar surface area (TPSA) is 30.5 Å². The lowest BCUT2D eigenvalue weighted by Gasteiger charge is -2.37. The van der Waals surface area contributed by atoms with Crippen LogP contribution in [0, 0.1) is 5.41 Å². The average Bonchev–Trinajstić information content (AvgIpc) is 2.81. The molecular weight excluding hydrogens is 282 g/mol. The Hall–Kier alpha value is -0.130. The molecule has 1 saturated heterocycles. The second kappa shape index (κ2) is 7.60. The maximum atomic E-state index is 6.03. The molecule has 2 heterocycles. The number of hydrogen-bond acceptors (Lipinski definition) is 4. The molecule has 0 radical (unpaired) electrons. The molecule has 1 aliphatic rings. The summed E-state index contributed by atoms with van der Waals surface area (Å²) < 4.78 is 11.5. The summed E-state index contributed by atoms with van der Waals surface area (Å²) in [6.07, 6.45) is 3.32. The van der Waals surface area contributed by atoms with Gasteiger partial charge in [0.2, 0.25) is 0 Å². The zero-order valence-corrected chi connectivity index (χ0v) is 13.0. The first-order valence-electron chi connectivity index (χ1n) is 6.76. The Bertz CT molecular complexity index is 377. The predicted molar refractivity (Wildman–Crippen MR) is 80.3 cm³/mol. The highest BCUT2D eigenvalue weighted by Crippen LogP contribution is 2.36. The Morgan fingerprint density at radius 2 is 2.21 bits per heavy atom. The quantitative estimate of drug-likeness (QED) is 0.786. The van der Waals surface area contributed by atoms with Crippen molar-refractivity contribution in [3.8, 4) is 0 Å². The number of nitrogens with one attached hydrogen (secondary N) is 1. The molecule has 0 aromatic carbocycles. The fraction of sp³-hybridized carbons (Fsp3) is 0.714. The van der Waals surface area contributed by atoms with E-state index in [1.807, 2.05) is 6.07 Å². The first-order chi connectivity index (χ1) is 9.24. The molecule has 1 fully saturated rings. The summed E-state index contributed by atoms with van der Waals surface area (Å²) in [5.41, 5.74) is 0.306. The minimum absolute atomic E-state index is 0.306. The first-order valence-corrected chi connectivity index (χ1v) is 7.95. The van der Waals surface area contributed by atoms with Gasteiger partial charge in [0.25, 0.3) is 0 Å². The van der Waals surface area contributed by atoms with E-state index in [1.165, 1.54) is 4.88 Å². The van der Waals surface area contributed by atoms with Crippen LogP contribution in [0.2, 0.25) is 4.34 Å². The number of halogens is 1. The highest BCUT2D eigenvalue weighted by atomic mass is 35.5. The molecule has 0 unspecified atom stereocenters. The van der Waals surface area contributed by atoms with E-state index >= 15 is 0 Å². The number of hydrogen-bond donors (Lipinski definition) is 1. The molecule has 3 nitrogen and oxygen atoms in total. The van der Waals surface area contributed by atoms with E-state index in [-0.39, 0.29) is 0 Å². The number of thiophene rings is 1. The summed E-state index contributed by atoms with van der Waals surface area (Å²) in [6, 6.07) is 4.15. The fourth-order valence-electron chi connectivity index (χ4n) is 2.56. The van der Waals surface area contributed by atoms with Crippen molar-refractivity contribution in [1.29, 1.82) is 0 Å². The van der Waals surface area contributed by atoms with Crippen molar-refractivity contribution < 1.29 is 9.47 Å². The Morgan fingerprint density at radius 3 is 2.84 bits per heavy atom. The van der Waals surface area contributed by atoms with E-state index in [9.17, 15) is 0 Å². The zero-order chi connectivity index (χ0) is 13.6. The van der Waals surface area contributed by atoms with Crippen LogP contribution in [-0.2, 0) is 15.9 Å². The average molecular weight is 304 g/mol. The van der Waals surface area contributed by atoms with Gasteiger partial charge in [0.15, 0.2) is 0 Å². The van der Waals surface area contributed by atoms with Crippen molar-refractivity contribution >= 4 is 22.9 Å². The highest BCUT2D eigenvalue weighted by molar-refractivity contribution is 7.16. The van der Waals surface area contributed by atoms with Crippen molar-refractivity contribution in [1.82, 2.24) is 5.32 Å². The molecule has 5 heteroatoms. The first kappa shape index (κ1) is 15.3. The third-order valence-corrected chi connectivity index (χ3v) is 4.95. The van der Waals surface area contributed by atoms with Gasteiger partial charge in [-0.25, -0.2) is 0 Å². The van der Waals surface area contributed by atoms with Crippen LogP contribution in [0.5, 0.6) is 0 Å². The molecule has 1 aromatic heterocycles. The van der Waals surface area contributed by atoms with Crippen LogP contribution < -0.4 is 5.32 Å². The molecule has 0 saturated carbocycles. The van der Waals surface area contributed by atoms with Crippen molar-refractivity contribution in [2.75, 3.05) is 40.0 Å². The van der Waals surface area contributed by atoms with E-state index in [1.54, 1.807) is 18.4 Å². The zero-order valence-electron chi connectivity index (χ0n) is 11.4. The van der Waals surface area contributed by atoms with Gasteiger partial charge in [-0.2, -0.15) is 0 Å². The Kier molecular flexibility index (Phi) is 6.10. The van der Waals surface area contributed by atoms with E-state index < -0.39 is 0 Å². The Morgan fingerprint density at radius 1 is 1.42 bits per heavy atom. The fourth-order valence-corrected chi connectivity index (χ4v) is 3.83. The highest BCUT2D eigenvalue weighted by Gasteiger charge is 2.32. The van der Waals surface area contributed by atoms with Crippen LogP contribution in [-0.4, -0.2) is 40.0 Å². The van der Waals surface area contributed by atoms with Gasteiger partial charge in [-0.05, 0) is 36.8 Å². The molecule has 108 valence electrons. The van der Waals surface area contributed by atoms with Crippen LogP contribution in [0.4, 0.5) is 0 Å². The van der Waals surface area contributed by atoms with Gasteiger partial charge in [-0.15, -0.1) is 11.3 Å². The Balaban J connectivity index is 1.93. The summed E-state index contributed by atoms with van der Waals surface area (Å²) in [6.45, 7) is 4.42. The maximum Gasteiger partial charge on any atom is 0.0931 e. The summed E-state index contributed by atoms with van der Waals surface area (Å²) in [4.78, 5) is 1.38. The molecule has 0 aliphatic carbocycles. The lowest BCUT2D eigenvalue weighted by atomic mass is 9.77. The predicted octanol–water partition coefficient (Wildman–Crippen LogP) is 2.98. The van der Waals surface area contributed by atoms with E-state index in [4.69, 9.17) is 21.1 Å². The van der Waals surface area contributed by atoms with Gasteiger partial charge in [-0.1, -0.05) is 11.6 Å². The van der Waals surface area contributed by atoms with E-state index in [0.717, 1.165) is 56.5 Å². The molecule has 0 atom stereocenters. The molecule has 2 rings (SSSR count). The van der Waals surface area contributed by atoms with Crippen LogP contribution in [0.1, 0.15) is 17.7 Å². The Labute approximate surface area is 124 Å². The summed E-state index contributed by atoms with van der Waals surface area (Å²) in [5.74, 6) is 0. The van der Waals surface area contributed by atoms with Gasteiger partial charge < -0.3 is 14.8 Å². The van der Waals surface area contributed by atoms with E-state index in [2.05, 4.69) is 11.4 Å². The van der Waals surface area contributed by atoms with Crippen LogP contribution in [0.25, 0.3) is 0 Å². The molecule has 0 bridgehead atoms. The largest absolute Gasteiger partial charge is 0.383 e. The third-order valence-electron chi connectivity index (χ3n) is 3.71. The summed E-state index contributed by atoms with van der Waals surface area (Å²) in [5, 5.41) is 3.52. The summed E-state index contributed by atoms with van der Waals surface area (Å²) in [7, 11) is 1.74. The summed E-state index contributed by atoms with van der Waals surface area (Å²) >= 11 is 7.73. The molecule has 0 spiro atoms. The van der Waals surface area contributed by atoms with Crippen LogP contribution in [0.15, 0.2) is 12.1 Å². The number of methoxy groups -OCH3 is 1. The van der Waals surface area contributed by atoms with Gasteiger partial charge in [0, 0.05) is 38.3 Å². The lowest BCUT2D eigenvalue weighted by Crippen LogP contribution is -2.41. The lowest BCUT2D eigenvalue weighted by molar-refractivity contribution is 0.0147. The normalized spacial score (nSPS) is 18.6. The minimum atomic E-state index is 0.306. The molecule has 1 N–H and O–H groups in total. The van der Waals surface area contributed by atoms with Crippen LogP contribution >= 0.6 is 22.9 Å². The molecule has 19 heavy (non-hydrogen) atoms. The molecule has 0 amide bonds. The molecule has 1 aliphatic heterocycles. The second-order valence-corrected chi connectivity index (χ2v) is 6.96. The monoisotopic (exact) mass is 303 g/mol. The number of ether oxygens (including phenoxy) is 2. The van der Waals surface area contributed by atoms with Gasteiger partial charge in [0.05, 0.1) is 10.9 Å².